The maximum atomic E-state index is 13.8. The molecule has 1 aliphatic carbocycles. The lowest BCUT2D eigenvalue weighted by Crippen LogP contribution is -2.36. The highest BCUT2D eigenvalue weighted by Crippen LogP contribution is 2.41. The molecule has 0 amide bonds. The molecule has 1 heterocycles. The zero-order valence-corrected chi connectivity index (χ0v) is 16.9. The molecule has 1 aromatic heterocycles. The molecule has 4 rings (SSSR count). The summed E-state index contributed by atoms with van der Waals surface area (Å²) in [5.74, 6) is 0.702. The van der Waals surface area contributed by atoms with E-state index in [-0.39, 0.29) is 12.1 Å². The Morgan fingerprint density at radius 1 is 1.07 bits per heavy atom. The fourth-order valence-corrected chi connectivity index (χ4v) is 5.72. The predicted molar refractivity (Wildman–Crippen MR) is 110 cm³/mol. The van der Waals surface area contributed by atoms with Gasteiger partial charge in [0.25, 0.3) is 0 Å². The molecule has 1 unspecified atom stereocenters. The Kier molecular flexibility index (Phi) is 5.08. The van der Waals surface area contributed by atoms with Gasteiger partial charge in [-0.15, -0.1) is 0 Å². The second kappa shape index (κ2) is 7.53. The van der Waals surface area contributed by atoms with Crippen molar-refractivity contribution in [2.24, 2.45) is 0 Å². The highest BCUT2D eigenvalue weighted by Gasteiger charge is 2.42. The first-order valence-electron chi connectivity index (χ1n) is 9.63. The van der Waals surface area contributed by atoms with Gasteiger partial charge in [-0.1, -0.05) is 30.3 Å². The lowest BCUT2D eigenvalue weighted by atomic mass is 10.1. The number of aromatic nitrogens is 1. The number of nitrogens with zero attached hydrogens (tertiary/aromatic N) is 2. The number of ether oxygens (including phenoxy) is 1. The Morgan fingerprint density at radius 3 is 2.43 bits per heavy atom. The summed E-state index contributed by atoms with van der Waals surface area (Å²) >= 11 is 0. The summed E-state index contributed by atoms with van der Waals surface area (Å²) in [7, 11) is -3.71. The van der Waals surface area contributed by atoms with Crippen molar-refractivity contribution in [1.29, 1.82) is 0 Å². The molecular formula is C22H24N2O3S. The minimum absolute atomic E-state index is 0.0207. The molecule has 146 valence electrons. The zero-order chi connectivity index (χ0) is 19.7. The average molecular weight is 397 g/mol. The highest BCUT2D eigenvalue weighted by molar-refractivity contribution is 7.89. The van der Waals surface area contributed by atoms with Crippen LogP contribution in [-0.4, -0.2) is 30.4 Å². The standard InChI is InChI=1S/C22H24N2O3S/c1-3-27-21-13-14-22(19-9-5-4-8-18(19)21)28(25,26)24(17-11-12-17)16(2)20-10-6-7-15-23-20/h4-10,13-17H,3,11-12H2,1-2H3. The predicted octanol–water partition coefficient (Wildman–Crippen LogP) is 4.55. The number of fused-ring (bicyclic) bond motifs is 1. The van der Waals surface area contributed by atoms with Crippen LogP contribution in [0, 0.1) is 0 Å². The number of benzene rings is 2. The SMILES string of the molecule is CCOc1ccc(S(=O)(=O)N(C2CC2)C(C)c2ccccn2)c2ccccc12. The summed E-state index contributed by atoms with van der Waals surface area (Å²) in [6.45, 7) is 4.36. The van der Waals surface area contributed by atoms with E-state index in [1.807, 2.05) is 56.3 Å². The normalized spacial score (nSPS) is 15.7. The first kappa shape index (κ1) is 18.9. The average Bonchev–Trinajstić information content (AvgIpc) is 3.53. The number of hydrogen-bond acceptors (Lipinski definition) is 4. The maximum Gasteiger partial charge on any atom is 0.244 e. The first-order chi connectivity index (χ1) is 13.5. The van der Waals surface area contributed by atoms with Gasteiger partial charge in [0.05, 0.1) is 23.2 Å². The van der Waals surface area contributed by atoms with Gasteiger partial charge >= 0.3 is 0 Å². The van der Waals surface area contributed by atoms with Crippen LogP contribution in [0.5, 0.6) is 5.75 Å². The van der Waals surface area contributed by atoms with Gasteiger partial charge in [-0.25, -0.2) is 8.42 Å². The fraction of sp³-hybridized carbons (Fsp3) is 0.318. The summed E-state index contributed by atoms with van der Waals surface area (Å²) in [6, 6.07) is 16.2. The van der Waals surface area contributed by atoms with Gasteiger partial charge in [-0.05, 0) is 51.0 Å². The third-order valence-corrected chi connectivity index (χ3v) is 7.18. The van der Waals surface area contributed by atoms with Gasteiger partial charge in [-0.2, -0.15) is 4.31 Å². The third-order valence-electron chi connectivity index (χ3n) is 5.10. The van der Waals surface area contributed by atoms with Crippen molar-refractivity contribution in [3.8, 4) is 5.75 Å². The van der Waals surface area contributed by atoms with Crippen LogP contribution in [0.25, 0.3) is 10.8 Å². The van der Waals surface area contributed by atoms with Crippen LogP contribution in [0.2, 0.25) is 0 Å². The van der Waals surface area contributed by atoms with Crippen molar-refractivity contribution < 1.29 is 13.2 Å². The Labute approximate surface area is 166 Å². The molecule has 0 bridgehead atoms. The topological polar surface area (TPSA) is 59.5 Å². The van der Waals surface area contributed by atoms with Crippen molar-refractivity contribution >= 4 is 20.8 Å². The van der Waals surface area contributed by atoms with Crippen molar-refractivity contribution in [2.75, 3.05) is 6.61 Å². The molecule has 28 heavy (non-hydrogen) atoms. The molecular weight excluding hydrogens is 372 g/mol. The van der Waals surface area contributed by atoms with Gasteiger partial charge in [-0.3, -0.25) is 4.98 Å². The molecule has 1 fully saturated rings. The molecule has 0 saturated heterocycles. The first-order valence-corrected chi connectivity index (χ1v) is 11.1. The van der Waals surface area contributed by atoms with Crippen LogP contribution >= 0.6 is 0 Å². The van der Waals surface area contributed by atoms with Gasteiger partial charge < -0.3 is 4.74 Å². The third kappa shape index (κ3) is 3.38. The molecule has 6 heteroatoms. The fourth-order valence-electron chi connectivity index (χ4n) is 3.67. The quantitative estimate of drug-likeness (QED) is 0.588. The number of hydrogen-bond donors (Lipinski definition) is 0. The highest BCUT2D eigenvalue weighted by atomic mass is 32.2. The van der Waals surface area contributed by atoms with Crippen LogP contribution < -0.4 is 4.74 Å². The summed E-state index contributed by atoms with van der Waals surface area (Å²) in [5.41, 5.74) is 0.758. The van der Waals surface area contributed by atoms with Crippen LogP contribution in [-0.2, 0) is 10.0 Å². The number of pyridine rings is 1. The molecule has 3 aromatic rings. The minimum Gasteiger partial charge on any atom is -0.493 e. The molecule has 0 N–H and O–H groups in total. The van der Waals surface area contributed by atoms with Crippen molar-refractivity contribution in [1.82, 2.24) is 9.29 Å². The van der Waals surface area contributed by atoms with Crippen molar-refractivity contribution in [3.63, 3.8) is 0 Å². The van der Waals surface area contributed by atoms with Gasteiger partial charge in [0, 0.05) is 23.0 Å². The summed E-state index contributed by atoms with van der Waals surface area (Å²) in [6.07, 6.45) is 3.46. The zero-order valence-electron chi connectivity index (χ0n) is 16.1. The molecule has 0 radical (unpaired) electrons. The van der Waals surface area contributed by atoms with E-state index in [9.17, 15) is 8.42 Å². The van der Waals surface area contributed by atoms with Gasteiger partial charge in [0.1, 0.15) is 5.75 Å². The van der Waals surface area contributed by atoms with Crippen LogP contribution in [0.15, 0.2) is 65.7 Å². The van der Waals surface area contributed by atoms with Crippen LogP contribution in [0.4, 0.5) is 0 Å². The molecule has 5 nitrogen and oxygen atoms in total. The Morgan fingerprint density at radius 2 is 1.79 bits per heavy atom. The molecule has 2 aromatic carbocycles. The van der Waals surface area contributed by atoms with E-state index in [0.29, 0.717) is 22.6 Å². The minimum atomic E-state index is -3.71. The smallest absolute Gasteiger partial charge is 0.244 e. The molecule has 1 atom stereocenters. The van der Waals surface area contributed by atoms with E-state index in [1.54, 1.807) is 22.6 Å². The second-order valence-electron chi connectivity index (χ2n) is 7.04. The van der Waals surface area contributed by atoms with Crippen LogP contribution in [0.3, 0.4) is 0 Å². The van der Waals surface area contributed by atoms with Gasteiger partial charge in [0.15, 0.2) is 0 Å². The van der Waals surface area contributed by atoms with E-state index >= 15 is 0 Å². The molecule has 0 spiro atoms. The monoisotopic (exact) mass is 396 g/mol. The van der Waals surface area contributed by atoms with E-state index in [2.05, 4.69) is 4.98 Å². The summed E-state index contributed by atoms with van der Waals surface area (Å²) in [4.78, 5) is 4.71. The van der Waals surface area contributed by atoms with Gasteiger partial charge in [0.2, 0.25) is 10.0 Å². The van der Waals surface area contributed by atoms with Crippen molar-refractivity contribution in [2.45, 2.75) is 43.7 Å². The molecule has 1 aliphatic rings. The summed E-state index contributed by atoms with van der Waals surface area (Å²) < 4.78 is 34.9. The van der Waals surface area contributed by atoms with Crippen LogP contribution in [0.1, 0.15) is 38.4 Å². The Bertz CT molecular complexity index is 1080. The Balaban J connectivity index is 1.84. The molecule has 1 saturated carbocycles. The lowest BCUT2D eigenvalue weighted by molar-refractivity contribution is 0.329. The van der Waals surface area contributed by atoms with E-state index in [1.165, 1.54) is 0 Å². The lowest BCUT2D eigenvalue weighted by Gasteiger charge is -2.28. The number of rotatable bonds is 7. The Hall–Kier alpha value is -2.44. The summed E-state index contributed by atoms with van der Waals surface area (Å²) in [5, 5.41) is 1.50. The molecule has 0 aliphatic heterocycles. The second-order valence-corrected chi connectivity index (χ2v) is 8.85. The maximum absolute atomic E-state index is 13.8. The largest absolute Gasteiger partial charge is 0.493 e. The van der Waals surface area contributed by atoms with E-state index in [0.717, 1.165) is 23.9 Å². The number of sulfonamides is 1. The van der Waals surface area contributed by atoms with Crippen molar-refractivity contribution in [3.05, 3.63) is 66.5 Å². The van der Waals surface area contributed by atoms with E-state index < -0.39 is 10.0 Å². The van der Waals surface area contributed by atoms with E-state index in [4.69, 9.17) is 4.74 Å².